The summed E-state index contributed by atoms with van der Waals surface area (Å²) in [5.74, 6) is 0.500. The lowest BCUT2D eigenvalue weighted by Crippen LogP contribution is -2.16. The van der Waals surface area contributed by atoms with Crippen molar-refractivity contribution in [2.45, 2.75) is 6.92 Å². The molecule has 0 amide bonds. The van der Waals surface area contributed by atoms with Gasteiger partial charge in [-0.15, -0.1) is 0 Å². The van der Waals surface area contributed by atoms with Gasteiger partial charge in [-0.25, -0.2) is 15.0 Å². The molecule has 0 spiro atoms. The third kappa shape index (κ3) is 4.93. The van der Waals surface area contributed by atoms with E-state index in [-0.39, 0.29) is 0 Å². The van der Waals surface area contributed by atoms with Gasteiger partial charge in [-0.3, -0.25) is 0 Å². The predicted molar refractivity (Wildman–Crippen MR) is 130 cm³/mol. The molecule has 0 saturated heterocycles. The summed E-state index contributed by atoms with van der Waals surface area (Å²) in [6.45, 7) is 1.91. The maximum atomic E-state index is 6.16. The zero-order valence-corrected chi connectivity index (χ0v) is 18.6. The fourth-order valence-electron chi connectivity index (χ4n) is 3.14. The lowest BCUT2D eigenvalue weighted by atomic mass is 10.1. The van der Waals surface area contributed by atoms with E-state index in [1.807, 2.05) is 86.8 Å². The number of rotatable bonds is 5. The minimum atomic E-state index is 0.491. The number of benzene rings is 3. The molecule has 1 aromatic heterocycles. The van der Waals surface area contributed by atoms with E-state index in [4.69, 9.17) is 33.2 Å². The van der Waals surface area contributed by atoms with Crippen LogP contribution in [-0.4, -0.2) is 22.7 Å². The van der Waals surface area contributed by atoms with Crippen molar-refractivity contribution in [1.29, 1.82) is 0 Å². The third-order valence-electron chi connectivity index (χ3n) is 4.78. The molecule has 154 valence electrons. The molecule has 4 nitrogen and oxygen atoms in total. The van der Waals surface area contributed by atoms with Crippen LogP contribution in [-0.2, 0) is 0 Å². The second-order valence-corrected chi connectivity index (χ2v) is 7.82. The molecule has 0 N–H and O–H groups in total. The maximum Gasteiger partial charge on any atom is 0.247 e. The summed E-state index contributed by atoms with van der Waals surface area (Å²) >= 11 is 12.2. The van der Waals surface area contributed by atoms with Gasteiger partial charge < -0.3 is 0 Å². The van der Waals surface area contributed by atoms with Gasteiger partial charge in [0.05, 0.1) is 27.1 Å². The van der Waals surface area contributed by atoms with Crippen molar-refractivity contribution in [3.8, 4) is 22.5 Å². The van der Waals surface area contributed by atoms with E-state index in [0.29, 0.717) is 16.0 Å². The number of nitrogens with zero attached hydrogens (tertiary/aromatic N) is 4. The Kier molecular flexibility index (Phi) is 6.31. The minimum Gasteiger partial charge on any atom is -0.235 e. The van der Waals surface area contributed by atoms with Gasteiger partial charge in [0.2, 0.25) is 5.95 Å². The molecule has 3 aromatic carbocycles. The molecule has 4 rings (SSSR count). The molecule has 0 unspecified atom stereocenters. The average Bonchev–Trinajstić information content (AvgIpc) is 2.81. The molecule has 4 aromatic rings. The molecule has 31 heavy (non-hydrogen) atoms. The molecule has 0 aliphatic rings. The summed E-state index contributed by atoms with van der Waals surface area (Å²) in [5.41, 5.74) is 5.35. The Bertz CT molecular complexity index is 1170. The highest BCUT2D eigenvalue weighted by Crippen LogP contribution is 2.27. The quantitative estimate of drug-likeness (QED) is 0.245. The summed E-state index contributed by atoms with van der Waals surface area (Å²) in [4.78, 5) is 9.54. The molecule has 0 bridgehead atoms. The van der Waals surface area contributed by atoms with Gasteiger partial charge in [0.25, 0.3) is 0 Å². The van der Waals surface area contributed by atoms with E-state index in [2.05, 4.69) is 5.10 Å². The first-order valence-corrected chi connectivity index (χ1v) is 10.5. The van der Waals surface area contributed by atoms with Crippen molar-refractivity contribution >= 4 is 34.9 Å². The number of hydrogen-bond donors (Lipinski definition) is 0. The Morgan fingerprint density at radius 2 is 1.29 bits per heavy atom. The Hall–Kier alpha value is -3.21. The highest BCUT2D eigenvalue weighted by atomic mass is 35.5. The lowest BCUT2D eigenvalue weighted by Gasteiger charge is -2.16. The summed E-state index contributed by atoms with van der Waals surface area (Å²) in [7, 11) is 1.83. The van der Waals surface area contributed by atoms with E-state index in [1.54, 1.807) is 17.1 Å². The van der Waals surface area contributed by atoms with Crippen LogP contribution in [0.3, 0.4) is 0 Å². The molecule has 1 heterocycles. The van der Waals surface area contributed by atoms with Crippen LogP contribution in [0.15, 0.2) is 90.0 Å². The molecule has 0 saturated carbocycles. The topological polar surface area (TPSA) is 41.4 Å². The minimum absolute atomic E-state index is 0.491. The van der Waals surface area contributed by atoms with Gasteiger partial charge in [0.1, 0.15) is 0 Å². The van der Waals surface area contributed by atoms with Crippen LogP contribution in [0.4, 0.5) is 5.95 Å². The van der Waals surface area contributed by atoms with Gasteiger partial charge in [-0.05, 0) is 30.7 Å². The summed E-state index contributed by atoms with van der Waals surface area (Å²) in [6.07, 6.45) is 0. The van der Waals surface area contributed by atoms with Crippen molar-refractivity contribution in [3.63, 3.8) is 0 Å². The third-order valence-corrected chi connectivity index (χ3v) is 5.52. The molecule has 0 radical (unpaired) electrons. The standard InChI is InChI=1S/C25H20Cl2N4/c1-17(20-13-14-21(26)22(27)15-20)30-31(2)25-28-23(18-9-5-3-6-10-18)16-24(29-25)19-11-7-4-8-12-19/h3-16H,1-2H3. The molecule has 0 aliphatic carbocycles. The van der Waals surface area contributed by atoms with Gasteiger partial charge in [-0.2, -0.15) is 5.10 Å². The largest absolute Gasteiger partial charge is 0.247 e. The Labute approximate surface area is 191 Å². The van der Waals surface area contributed by atoms with Crippen molar-refractivity contribution < 1.29 is 0 Å². The van der Waals surface area contributed by atoms with Crippen LogP contribution >= 0.6 is 23.2 Å². The van der Waals surface area contributed by atoms with Crippen LogP contribution in [0.25, 0.3) is 22.5 Å². The first kappa shape index (κ1) is 21.0. The van der Waals surface area contributed by atoms with Crippen LogP contribution in [0.2, 0.25) is 10.0 Å². The molecule has 0 fully saturated rings. The average molecular weight is 447 g/mol. The number of hydrazone groups is 1. The van der Waals surface area contributed by atoms with Crippen LogP contribution in [0.5, 0.6) is 0 Å². The van der Waals surface area contributed by atoms with Crippen molar-refractivity contribution in [2.75, 3.05) is 12.1 Å². The predicted octanol–water partition coefficient (Wildman–Crippen LogP) is 6.98. The van der Waals surface area contributed by atoms with Gasteiger partial charge in [-0.1, -0.05) is 89.9 Å². The first-order valence-electron chi connectivity index (χ1n) is 9.75. The van der Waals surface area contributed by atoms with Gasteiger partial charge in [0, 0.05) is 18.2 Å². The summed E-state index contributed by atoms with van der Waals surface area (Å²) in [5, 5.41) is 7.36. The normalized spacial score (nSPS) is 11.4. The summed E-state index contributed by atoms with van der Waals surface area (Å²) in [6, 6.07) is 27.5. The molecule has 6 heteroatoms. The SMILES string of the molecule is CC(=NN(C)c1nc(-c2ccccc2)cc(-c2ccccc2)n1)c1ccc(Cl)c(Cl)c1. The van der Waals surface area contributed by atoms with Crippen LogP contribution in [0.1, 0.15) is 12.5 Å². The highest BCUT2D eigenvalue weighted by molar-refractivity contribution is 6.42. The molecular formula is C25H20Cl2N4. The highest BCUT2D eigenvalue weighted by Gasteiger charge is 2.12. The summed E-state index contributed by atoms with van der Waals surface area (Å²) < 4.78 is 0. The number of halogens is 2. The molecule has 0 aliphatic heterocycles. The lowest BCUT2D eigenvalue weighted by molar-refractivity contribution is 0.932. The van der Waals surface area contributed by atoms with E-state index < -0.39 is 0 Å². The Morgan fingerprint density at radius 1 is 0.742 bits per heavy atom. The monoisotopic (exact) mass is 446 g/mol. The number of hydrogen-bond acceptors (Lipinski definition) is 4. The fourth-order valence-corrected chi connectivity index (χ4v) is 3.44. The zero-order valence-electron chi connectivity index (χ0n) is 17.1. The van der Waals surface area contributed by atoms with Crippen LogP contribution in [0, 0.1) is 0 Å². The van der Waals surface area contributed by atoms with E-state index in [0.717, 1.165) is 33.8 Å². The second kappa shape index (κ2) is 9.29. The van der Waals surface area contributed by atoms with E-state index in [1.165, 1.54) is 0 Å². The zero-order chi connectivity index (χ0) is 21.8. The van der Waals surface area contributed by atoms with Crippen molar-refractivity contribution in [1.82, 2.24) is 9.97 Å². The van der Waals surface area contributed by atoms with Crippen molar-refractivity contribution in [2.24, 2.45) is 5.10 Å². The molecular weight excluding hydrogens is 427 g/mol. The van der Waals surface area contributed by atoms with E-state index >= 15 is 0 Å². The number of anilines is 1. The van der Waals surface area contributed by atoms with Crippen molar-refractivity contribution in [3.05, 3.63) is 101 Å². The Morgan fingerprint density at radius 3 is 1.81 bits per heavy atom. The van der Waals surface area contributed by atoms with Gasteiger partial charge in [0.15, 0.2) is 0 Å². The maximum absolute atomic E-state index is 6.16. The Balaban J connectivity index is 1.76. The second-order valence-electron chi connectivity index (χ2n) is 7.01. The van der Waals surface area contributed by atoms with Crippen LogP contribution < -0.4 is 5.01 Å². The number of aromatic nitrogens is 2. The first-order chi connectivity index (χ1) is 15.0. The smallest absolute Gasteiger partial charge is 0.235 e. The fraction of sp³-hybridized carbons (Fsp3) is 0.0800. The van der Waals surface area contributed by atoms with Gasteiger partial charge >= 0.3 is 0 Å². The molecule has 0 atom stereocenters. The van der Waals surface area contributed by atoms with E-state index in [9.17, 15) is 0 Å².